The van der Waals surface area contributed by atoms with Crippen LogP contribution in [0.1, 0.15) is 6.42 Å². The van der Waals surface area contributed by atoms with Gasteiger partial charge in [-0.2, -0.15) is 0 Å². The summed E-state index contributed by atoms with van der Waals surface area (Å²) in [6.45, 7) is 2.02. The Hall–Kier alpha value is -0.250. The summed E-state index contributed by atoms with van der Waals surface area (Å²) in [5.41, 5.74) is 0.991. The minimum absolute atomic E-state index is 0.767. The Morgan fingerprint density at radius 1 is 1.40 bits per heavy atom. The highest BCUT2D eigenvalue weighted by molar-refractivity contribution is 9.10. The lowest BCUT2D eigenvalue weighted by molar-refractivity contribution is 0.405. The molecule has 0 aliphatic rings. The molecule has 0 fully saturated rings. The Morgan fingerprint density at radius 3 is 2.80 bits per heavy atom. The molecular weight excluding hydrogens is 275 g/mol. The minimum atomic E-state index is 0.767. The van der Waals surface area contributed by atoms with Crippen molar-refractivity contribution < 1.29 is 0 Å². The SMILES string of the molecule is CN(C)CCCNc1cc(Br)ccc1Cl. The van der Waals surface area contributed by atoms with Crippen LogP contribution >= 0.6 is 27.5 Å². The number of halogens is 2. The first-order valence-corrected chi connectivity index (χ1v) is 6.10. The number of nitrogens with one attached hydrogen (secondary N) is 1. The molecule has 1 rings (SSSR count). The van der Waals surface area contributed by atoms with E-state index >= 15 is 0 Å². The number of hydrogen-bond acceptors (Lipinski definition) is 2. The maximum atomic E-state index is 6.04. The summed E-state index contributed by atoms with van der Waals surface area (Å²) in [6, 6.07) is 5.82. The van der Waals surface area contributed by atoms with Crippen LogP contribution < -0.4 is 5.32 Å². The van der Waals surface area contributed by atoms with E-state index in [-0.39, 0.29) is 0 Å². The summed E-state index contributed by atoms with van der Waals surface area (Å²) < 4.78 is 1.04. The van der Waals surface area contributed by atoms with Gasteiger partial charge in [0, 0.05) is 11.0 Å². The Bertz CT molecular complexity index is 315. The van der Waals surface area contributed by atoms with Gasteiger partial charge in [0.1, 0.15) is 0 Å². The average molecular weight is 292 g/mol. The molecule has 15 heavy (non-hydrogen) atoms. The van der Waals surface area contributed by atoms with E-state index in [1.165, 1.54) is 0 Å². The van der Waals surface area contributed by atoms with Crippen LogP contribution in [0, 0.1) is 0 Å². The third kappa shape index (κ3) is 4.87. The van der Waals surface area contributed by atoms with Gasteiger partial charge < -0.3 is 10.2 Å². The largest absolute Gasteiger partial charge is 0.384 e. The highest BCUT2D eigenvalue weighted by Gasteiger charge is 1.99. The van der Waals surface area contributed by atoms with Crippen molar-refractivity contribution in [2.45, 2.75) is 6.42 Å². The van der Waals surface area contributed by atoms with Crippen molar-refractivity contribution in [3.8, 4) is 0 Å². The molecule has 0 radical (unpaired) electrons. The average Bonchev–Trinajstić information content (AvgIpc) is 2.17. The molecule has 2 nitrogen and oxygen atoms in total. The molecule has 0 saturated heterocycles. The second kappa shape index (κ2) is 6.36. The fourth-order valence-corrected chi connectivity index (χ4v) is 1.80. The maximum Gasteiger partial charge on any atom is 0.0638 e. The number of hydrogen-bond donors (Lipinski definition) is 1. The first-order valence-electron chi connectivity index (χ1n) is 4.93. The zero-order chi connectivity index (χ0) is 11.3. The van der Waals surface area contributed by atoms with Gasteiger partial charge in [0.25, 0.3) is 0 Å². The Kier molecular flexibility index (Phi) is 5.43. The molecule has 0 spiro atoms. The Morgan fingerprint density at radius 2 is 2.13 bits per heavy atom. The summed E-state index contributed by atoms with van der Waals surface area (Å²) >= 11 is 9.47. The second-order valence-electron chi connectivity index (χ2n) is 3.71. The van der Waals surface area contributed by atoms with Crippen LogP contribution in [-0.2, 0) is 0 Å². The van der Waals surface area contributed by atoms with Crippen LogP contribution in [0.3, 0.4) is 0 Å². The van der Waals surface area contributed by atoms with Crippen LogP contribution in [0.25, 0.3) is 0 Å². The summed E-state index contributed by atoms with van der Waals surface area (Å²) in [6.07, 6.45) is 1.11. The van der Waals surface area contributed by atoms with E-state index in [1.807, 2.05) is 18.2 Å². The van der Waals surface area contributed by atoms with Crippen LogP contribution in [0.5, 0.6) is 0 Å². The predicted octanol–water partition coefficient (Wildman–Crippen LogP) is 3.47. The molecule has 0 aliphatic carbocycles. The van der Waals surface area contributed by atoms with Gasteiger partial charge in [0.15, 0.2) is 0 Å². The Labute approximate surface area is 105 Å². The molecule has 0 heterocycles. The minimum Gasteiger partial charge on any atom is -0.384 e. The molecular formula is C11H16BrClN2. The van der Waals surface area contributed by atoms with Gasteiger partial charge in [0.2, 0.25) is 0 Å². The fraction of sp³-hybridized carbons (Fsp3) is 0.455. The van der Waals surface area contributed by atoms with Gasteiger partial charge in [-0.1, -0.05) is 27.5 Å². The molecule has 0 unspecified atom stereocenters. The molecule has 0 bridgehead atoms. The van der Waals surface area contributed by atoms with Crippen LogP contribution in [0.15, 0.2) is 22.7 Å². The summed E-state index contributed by atoms with van der Waals surface area (Å²) in [4.78, 5) is 2.17. The lowest BCUT2D eigenvalue weighted by Gasteiger charge is -2.11. The number of rotatable bonds is 5. The third-order valence-electron chi connectivity index (χ3n) is 2.03. The van der Waals surface area contributed by atoms with Crippen molar-refractivity contribution in [3.05, 3.63) is 27.7 Å². The van der Waals surface area contributed by atoms with E-state index in [0.717, 1.165) is 34.7 Å². The van der Waals surface area contributed by atoms with Crippen molar-refractivity contribution in [2.75, 3.05) is 32.5 Å². The molecule has 1 aromatic rings. The Balaban J connectivity index is 2.40. The van der Waals surface area contributed by atoms with E-state index in [9.17, 15) is 0 Å². The van der Waals surface area contributed by atoms with Crippen molar-refractivity contribution in [1.82, 2.24) is 4.90 Å². The highest BCUT2D eigenvalue weighted by atomic mass is 79.9. The van der Waals surface area contributed by atoms with E-state index in [0.29, 0.717) is 0 Å². The molecule has 4 heteroatoms. The smallest absolute Gasteiger partial charge is 0.0638 e. The predicted molar refractivity (Wildman–Crippen MR) is 70.8 cm³/mol. The number of benzene rings is 1. The van der Waals surface area contributed by atoms with Crippen molar-refractivity contribution in [2.24, 2.45) is 0 Å². The van der Waals surface area contributed by atoms with Crippen LogP contribution in [0.2, 0.25) is 5.02 Å². The molecule has 0 saturated carbocycles. The zero-order valence-corrected chi connectivity index (χ0v) is 11.4. The first-order chi connectivity index (χ1) is 7.09. The molecule has 0 atom stereocenters. The lowest BCUT2D eigenvalue weighted by atomic mass is 10.3. The number of nitrogens with zero attached hydrogens (tertiary/aromatic N) is 1. The van der Waals surface area contributed by atoms with Crippen LogP contribution in [0.4, 0.5) is 5.69 Å². The van der Waals surface area contributed by atoms with Gasteiger partial charge in [-0.05, 0) is 45.3 Å². The highest BCUT2D eigenvalue weighted by Crippen LogP contribution is 2.25. The molecule has 1 N–H and O–H groups in total. The van der Waals surface area contributed by atoms with Crippen molar-refractivity contribution in [1.29, 1.82) is 0 Å². The van der Waals surface area contributed by atoms with E-state index in [1.54, 1.807) is 0 Å². The fourth-order valence-electron chi connectivity index (χ4n) is 1.25. The summed E-state index contributed by atoms with van der Waals surface area (Å²) in [7, 11) is 4.15. The van der Waals surface area contributed by atoms with Gasteiger partial charge >= 0.3 is 0 Å². The van der Waals surface area contributed by atoms with Gasteiger partial charge in [-0.15, -0.1) is 0 Å². The molecule has 0 aromatic heterocycles. The number of anilines is 1. The summed E-state index contributed by atoms with van der Waals surface area (Å²) in [5, 5.41) is 4.09. The van der Waals surface area contributed by atoms with Crippen molar-refractivity contribution >= 4 is 33.2 Å². The van der Waals surface area contributed by atoms with E-state index in [4.69, 9.17) is 11.6 Å². The molecule has 0 aliphatic heterocycles. The molecule has 0 amide bonds. The van der Waals surface area contributed by atoms with Gasteiger partial charge in [0.05, 0.1) is 10.7 Å². The van der Waals surface area contributed by atoms with Crippen molar-refractivity contribution in [3.63, 3.8) is 0 Å². The molecule has 84 valence electrons. The standard InChI is InChI=1S/C11H16BrClN2/c1-15(2)7-3-6-14-11-8-9(12)4-5-10(11)13/h4-5,8,14H,3,6-7H2,1-2H3. The maximum absolute atomic E-state index is 6.04. The van der Waals surface area contributed by atoms with E-state index < -0.39 is 0 Å². The van der Waals surface area contributed by atoms with Crippen LogP contribution in [-0.4, -0.2) is 32.1 Å². The third-order valence-corrected chi connectivity index (χ3v) is 2.85. The normalized spacial score (nSPS) is 10.7. The quantitative estimate of drug-likeness (QED) is 0.836. The second-order valence-corrected chi connectivity index (χ2v) is 5.03. The molecule has 1 aromatic carbocycles. The zero-order valence-electron chi connectivity index (χ0n) is 9.06. The summed E-state index contributed by atoms with van der Waals surface area (Å²) in [5.74, 6) is 0. The van der Waals surface area contributed by atoms with E-state index in [2.05, 4.69) is 40.2 Å². The van der Waals surface area contributed by atoms with Gasteiger partial charge in [-0.3, -0.25) is 0 Å². The monoisotopic (exact) mass is 290 g/mol. The lowest BCUT2D eigenvalue weighted by Crippen LogP contribution is -2.16. The topological polar surface area (TPSA) is 15.3 Å². The van der Waals surface area contributed by atoms with Gasteiger partial charge in [-0.25, -0.2) is 0 Å². The first kappa shape index (κ1) is 12.8.